The number of hydrogen-bond acceptors (Lipinski definition) is 3. The Morgan fingerprint density at radius 3 is 2.73 bits per heavy atom. The molecule has 1 spiro atoms. The molecular formula is C30H38O3. The highest BCUT2D eigenvalue weighted by atomic mass is 16.7. The van der Waals surface area contributed by atoms with Crippen molar-refractivity contribution in [3.05, 3.63) is 64.7 Å². The number of aryl methyl sites for hydroxylation is 1. The molecule has 0 radical (unpaired) electrons. The predicted octanol–water partition coefficient (Wildman–Crippen LogP) is 6.47. The Morgan fingerprint density at radius 2 is 1.85 bits per heavy atom. The summed E-state index contributed by atoms with van der Waals surface area (Å²) in [4.78, 5) is 0. The van der Waals surface area contributed by atoms with Crippen LogP contribution in [0.2, 0.25) is 0 Å². The van der Waals surface area contributed by atoms with Gasteiger partial charge in [-0.05, 0) is 104 Å². The summed E-state index contributed by atoms with van der Waals surface area (Å²) in [7, 11) is 0. The number of ether oxygens (including phenoxy) is 3. The Balaban J connectivity index is 1.26. The topological polar surface area (TPSA) is 27.7 Å². The van der Waals surface area contributed by atoms with E-state index in [0.29, 0.717) is 19.3 Å². The molecule has 0 saturated heterocycles. The van der Waals surface area contributed by atoms with Crippen LogP contribution in [0.1, 0.15) is 74.1 Å². The van der Waals surface area contributed by atoms with Crippen molar-refractivity contribution in [2.75, 3.05) is 20.0 Å². The first-order valence-corrected chi connectivity index (χ1v) is 13.2. The van der Waals surface area contributed by atoms with Gasteiger partial charge in [0, 0.05) is 18.4 Å². The van der Waals surface area contributed by atoms with Crippen LogP contribution in [0, 0.1) is 17.3 Å². The van der Waals surface area contributed by atoms with Crippen molar-refractivity contribution in [2.24, 2.45) is 17.3 Å². The van der Waals surface area contributed by atoms with Gasteiger partial charge in [-0.2, -0.15) is 0 Å². The van der Waals surface area contributed by atoms with Gasteiger partial charge < -0.3 is 14.2 Å². The van der Waals surface area contributed by atoms with Gasteiger partial charge in [-0.25, -0.2) is 0 Å². The van der Waals surface area contributed by atoms with Crippen molar-refractivity contribution in [2.45, 2.75) is 76.7 Å². The molecule has 5 atom stereocenters. The molecule has 6 rings (SSSR count). The molecule has 3 heteroatoms. The van der Waals surface area contributed by atoms with Crippen LogP contribution in [0.25, 0.3) is 0 Å². The summed E-state index contributed by atoms with van der Waals surface area (Å²) in [6.07, 6.45) is 9.76. The maximum absolute atomic E-state index is 6.89. The number of fused-ring (bicyclic) bond motifs is 7. The van der Waals surface area contributed by atoms with Crippen LogP contribution in [0.5, 0.6) is 5.75 Å². The number of rotatable bonds is 4. The van der Waals surface area contributed by atoms with Gasteiger partial charge in [0.05, 0.1) is 12.2 Å². The minimum atomic E-state index is 0.0203. The monoisotopic (exact) mass is 446 g/mol. The van der Waals surface area contributed by atoms with Gasteiger partial charge in [-0.15, -0.1) is 0 Å². The van der Waals surface area contributed by atoms with Crippen LogP contribution >= 0.6 is 0 Å². The molecular weight excluding hydrogens is 408 g/mol. The zero-order valence-electron chi connectivity index (χ0n) is 20.3. The van der Waals surface area contributed by atoms with E-state index in [0.717, 1.165) is 37.0 Å². The van der Waals surface area contributed by atoms with Crippen molar-refractivity contribution in [3.8, 4) is 5.75 Å². The number of benzene rings is 2. The molecule has 3 nitrogen and oxygen atoms in total. The van der Waals surface area contributed by atoms with Crippen LogP contribution in [-0.2, 0) is 28.7 Å². The standard InChI is InChI=1S/C30H38O3/c1-3-31-20-32-24-9-11-25-22(18-24)8-10-27-26(25)12-15-29(2)28(27)13-16-30(29)19-23-7-5-4-6-21(23)14-17-33-30/h4-7,9,11,18,26-28H,3,8,10,12-17,19-20H2,1-2H3/t26-,27-,28+,29+,30-/m1/s1. The lowest BCUT2D eigenvalue weighted by molar-refractivity contribution is -0.141. The Hall–Kier alpha value is -1.84. The third-order valence-electron chi connectivity index (χ3n) is 9.84. The fraction of sp³-hybridized carbons (Fsp3) is 0.600. The van der Waals surface area contributed by atoms with Gasteiger partial charge in [0.1, 0.15) is 5.75 Å². The van der Waals surface area contributed by atoms with E-state index in [-0.39, 0.29) is 11.0 Å². The summed E-state index contributed by atoms with van der Waals surface area (Å²) >= 11 is 0. The zero-order chi connectivity index (χ0) is 22.5. The third-order valence-corrected chi connectivity index (χ3v) is 9.84. The van der Waals surface area contributed by atoms with Crippen molar-refractivity contribution < 1.29 is 14.2 Å². The highest BCUT2D eigenvalue weighted by Gasteiger charge is 2.62. The molecule has 1 heterocycles. The summed E-state index contributed by atoms with van der Waals surface area (Å²) in [6.45, 7) is 6.49. The van der Waals surface area contributed by atoms with Crippen LogP contribution in [0.4, 0.5) is 0 Å². The Bertz CT molecular complexity index is 1020. The fourth-order valence-corrected chi connectivity index (χ4v) is 8.15. The van der Waals surface area contributed by atoms with E-state index < -0.39 is 0 Å². The lowest BCUT2D eigenvalue weighted by Crippen LogP contribution is -2.53. The van der Waals surface area contributed by atoms with Crippen LogP contribution in [0.15, 0.2) is 42.5 Å². The molecule has 2 saturated carbocycles. The van der Waals surface area contributed by atoms with Crippen LogP contribution < -0.4 is 4.74 Å². The third kappa shape index (κ3) is 3.46. The quantitative estimate of drug-likeness (QED) is 0.398. The molecule has 176 valence electrons. The summed E-state index contributed by atoms with van der Waals surface area (Å²) in [6, 6.07) is 15.9. The van der Waals surface area contributed by atoms with E-state index in [9.17, 15) is 0 Å². The second kappa shape index (κ2) is 8.43. The van der Waals surface area contributed by atoms with E-state index in [1.807, 2.05) is 6.92 Å². The van der Waals surface area contributed by atoms with E-state index in [1.54, 1.807) is 5.56 Å². The van der Waals surface area contributed by atoms with Crippen LogP contribution in [-0.4, -0.2) is 25.6 Å². The fourth-order valence-electron chi connectivity index (χ4n) is 8.15. The molecule has 4 aliphatic rings. The molecule has 2 aromatic carbocycles. The molecule has 0 amide bonds. The average Bonchev–Trinajstić information content (AvgIpc) is 2.99. The second-order valence-electron chi connectivity index (χ2n) is 11.1. The Morgan fingerprint density at radius 1 is 0.970 bits per heavy atom. The number of hydrogen-bond donors (Lipinski definition) is 0. The molecule has 0 N–H and O–H groups in total. The molecule has 3 aliphatic carbocycles. The van der Waals surface area contributed by atoms with E-state index in [1.165, 1.54) is 55.2 Å². The van der Waals surface area contributed by atoms with E-state index in [2.05, 4.69) is 49.4 Å². The molecule has 2 aromatic rings. The average molecular weight is 447 g/mol. The first-order chi connectivity index (χ1) is 16.1. The largest absolute Gasteiger partial charge is 0.468 e. The minimum absolute atomic E-state index is 0.0203. The van der Waals surface area contributed by atoms with E-state index in [4.69, 9.17) is 14.2 Å². The molecule has 1 aliphatic heterocycles. The summed E-state index contributed by atoms with van der Waals surface area (Å²) < 4.78 is 18.1. The smallest absolute Gasteiger partial charge is 0.189 e. The lowest BCUT2D eigenvalue weighted by atomic mass is 9.52. The second-order valence-corrected chi connectivity index (χ2v) is 11.1. The Kier molecular flexibility index (Phi) is 5.54. The zero-order valence-corrected chi connectivity index (χ0v) is 20.3. The summed E-state index contributed by atoms with van der Waals surface area (Å²) in [5, 5.41) is 0. The SMILES string of the molecule is CCOCOc1ccc2c(c1)CC[C@@H]1[C@@H]2CC[C@@]2(C)[C@H]1CC[C@@]21Cc2ccccc2CCO1. The van der Waals surface area contributed by atoms with E-state index >= 15 is 0 Å². The minimum Gasteiger partial charge on any atom is -0.468 e. The first-order valence-electron chi connectivity index (χ1n) is 13.2. The predicted molar refractivity (Wildman–Crippen MR) is 131 cm³/mol. The summed E-state index contributed by atoms with van der Waals surface area (Å²) in [5.74, 6) is 3.20. The molecule has 0 aromatic heterocycles. The van der Waals surface area contributed by atoms with Crippen molar-refractivity contribution in [1.82, 2.24) is 0 Å². The molecule has 0 bridgehead atoms. The normalized spacial score (nSPS) is 34.7. The Labute approximate surface area is 198 Å². The van der Waals surface area contributed by atoms with Crippen LogP contribution in [0.3, 0.4) is 0 Å². The van der Waals surface area contributed by atoms with Gasteiger partial charge >= 0.3 is 0 Å². The van der Waals surface area contributed by atoms with Gasteiger partial charge in [0.2, 0.25) is 0 Å². The molecule has 33 heavy (non-hydrogen) atoms. The molecule has 0 unspecified atom stereocenters. The van der Waals surface area contributed by atoms with Gasteiger partial charge in [-0.1, -0.05) is 37.3 Å². The van der Waals surface area contributed by atoms with Crippen molar-refractivity contribution >= 4 is 0 Å². The van der Waals surface area contributed by atoms with Gasteiger partial charge in [0.25, 0.3) is 0 Å². The highest BCUT2D eigenvalue weighted by molar-refractivity contribution is 5.41. The first kappa shape index (κ1) is 21.7. The molecule has 2 fully saturated rings. The maximum atomic E-state index is 6.89. The van der Waals surface area contributed by atoms with Crippen molar-refractivity contribution in [3.63, 3.8) is 0 Å². The summed E-state index contributed by atoms with van der Waals surface area (Å²) in [5.41, 5.74) is 6.43. The van der Waals surface area contributed by atoms with Gasteiger partial charge in [-0.3, -0.25) is 0 Å². The highest BCUT2D eigenvalue weighted by Crippen LogP contribution is 2.66. The lowest BCUT2D eigenvalue weighted by Gasteiger charge is -2.54. The van der Waals surface area contributed by atoms with Crippen molar-refractivity contribution in [1.29, 1.82) is 0 Å². The van der Waals surface area contributed by atoms with Gasteiger partial charge in [0.15, 0.2) is 6.79 Å². The maximum Gasteiger partial charge on any atom is 0.189 e.